The Morgan fingerprint density at radius 2 is 1.88 bits per heavy atom. The van der Waals surface area contributed by atoms with Crippen LogP contribution >= 0.6 is 0 Å². The van der Waals surface area contributed by atoms with E-state index in [9.17, 15) is 22.8 Å². The van der Waals surface area contributed by atoms with E-state index in [-0.39, 0.29) is 0 Å². The molecule has 0 saturated heterocycles. The zero-order chi connectivity index (χ0) is 13.1. The number of aliphatic carboxylic acids is 1. The number of carboxylic acid groups (broad SMARTS) is 1. The van der Waals surface area contributed by atoms with Crippen LogP contribution in [0.15, 0.2) is 0 Å². The highest BCUT2D eigenvalue weighted by Crippen LogP contribution is 2.27. The Hall–Kier alpha value is -1.35. The highest BCUT2D eigenvalue weighted by atomic mass is 19.4. The number of aliphatic hydroxyl groups is 1. The van der Waals surface area contributed by atoms with Gasteiger partial charge in [0.05, 0.1) is 6.61 Å². The number of nitrogens with one attached hydrogen (secondary N) is 1. The minimum atomic E-state index is -5.02. The largest absolute Gasteiger partial charge is 0.480 e. The molecule has 0 aliphatic carbocycles. The number of hydrogen-bond acceptors (Lipinski definition) is 4. The highest BCUT2D eigenvalue weighted by molar-refractivity contribution is 5.90. The molecule has 2 atom stereocenters. The van der Waals surface area contributed by atoms with E-state index in [4.69, 9.17) is 15.9 Å². The van der Waals surface area contributed by atoms with Crippen molar-refractivity contribution in [3.8, 4) is 0 Å². The average Bonchev–Trinajstić information content (AvgIpc) is 2.11. The second-order valence-corrected chi connectivity index (χ2v) is 3.25. The van der Waals surface area contributed by atoms with Crippen molar-refractivity contribution in [1.29, 1.82) is 0 Å². The van der Waals surface area contributed by atoms with Crippen molar-refractivity contribution in [2.24, 2.45) is 5.73 Å². The van der Waals surface area contributed by atoms with Gasteiger partial charge in [0.15, 0.2) is 5.54 Å². The summed E-state index contributed by atoms with van der Waals surface area (Å²) in [6.07, 6.45) is -5.02. The molecule has 1 unspecified atom stereocenters. The molecular formula is C7H11F3N2O4. The number of halogens is 3. The van der Waals surface area contributed by atoms with E-state index in [2.05, 4.69) is 0 Å². The molecule has 0 aliphatic rings. The Balaban J connectivity index is 4.76. The van der Waals surface area contributed by atoms with Gasteiger partial charge in [-0.1, -0.05) is 0 Å². The molecule has 0 fully saturated rings. The summed E-state index contributed by atoms with van der Waals surface area (Å²) in [6, 6.07) is -1.82. The quantitative estimate of drug-likeness (QED) is 0.497. The predicted molar refractivity (Wildman–Crippen MR) is 45.3 cm³/mol. The lowest BCUT2D eigenvalue weighted by atomic mass is 10.0. The smallest absolute Gasteiger partial charge is 0.415 e. The summed E-state index contributed by atoms with van der Waals surface area (Å²) in [5, 5.41) is 18.4. The van der Waals surface area contributed by atoms with Crippen molar-refractivity contribution in [2.75, 3.05) is 6.61 Å². The molecule has 0 aromatic carbocycles. The third-order valence-corrected chi connectivity index (χ3v) is 1.85. The Morgan fingerprint density at radius 1 is 1.44 bits per heavy atom. The number of carbonyl (C=O) groups excluding carboxylic acids is 1. The Kier molecular flexibility index (Phi) is 4.27. The molecule has 0 aromatic heterocycles. The number of rotatable bonds is 4. The van der Waals surface area contributed by atoms with E-state index >= 15 is 0 Å². The molecule has 0 saturated carbocycles. The second-order valence-electron chi connectivity index (χ2n) is 3.25. The van der Waals surface area contributed by atoms with Gasteiger partial charge in [-0.2, -0.15) is 13.2 Å². The molecule has 0 heterocycles. The molecule has 0 rings (SSSR count). The lowest BCUT2D eigenvalue weighted by Crippen LogP contribution is -2.63. The maximum Gasteiger partial charge on any atom is 0.415 e. The first-order chi connectivity index (χ1) is 7.04. The number of carboxylic acids is 1. The van der Waals surface area contributed by atoms with Crippen LogP contribution in [0, 0.1) is 0 Å². The molecule has 0 radical (unpaired) electrons. The van der Waals surface area contributed by atoms with Crippen LogP contribution in [0.4, 0.5) is 13.2 Å². The number of carbonyl (C=O) groups is 2. The maximum atomic E-state index is 12.2. The highest BCUT2D eigenvalue weighted by Gasteiger charge is 2.54. The summed E-state index contributed by atoms with van der Waals surface area (Å²) in [5.41, 5.74) is 1.52. The van der Waals surface area contributed by atoms with Crippen LogP contribution in [-0.2, 0) is 9.59 Å². The van der Waals surface area contributed by atoms with Gasteiger partial charge in [-0.05, 0) is 6.92 Å². The topological polar surface area (TPSA) is 113 Å². The van der Waals surface area contributed by atoms with Gasteiger partial charge in [0, 0.05) is 0 Å². The van der Waals surface area contributed by atoms with Crippen molar-refractivity contribution >= 4 is 11.9 Å². The lowest BCUT2D eigenvalue weighted by molar-refractivity contribution is -0.188. The van der Waals surface area contributed by atoms with Crippen molar-refractivity contribution in [3.63, 3.8) is 0 Å². The molecule has 6 nitrogen and oxygen atoms in total. The predicted octanol–water partition coefficient (Wildman–Crippen LogP) is -1.17. The van der Waals surface area contributed by atoms with Gasteiger partial charge in [0.2, 0.25) is 5.91 Å². The van der Waals surface area contributed by atoms with E-state index in [1.54, 1.807) is 0 Å². The standard InChI is InChI=1S/C7H11F3N2O4/c1-6(11,7(8,9)10)5(16)12-3(2-13)4(14)15/h3,13H,2,11H2,1H3,(H,12,16)(H,14,15)/t3-,6?/m0/s1. The first kappa shape index (κ1) is 14.6. The number of hydrogen-bond donors (Lipinski definition) is 4. The van der Waals surface area contributed by atoms with E-state index in [1.807, 2.05) is 0 Å². The van der Waals surface area contributed by atoms with Crippen LogP contribution in [-0.4, -0.2) is 46.5 Å². The molecule has 0 aromatic rings. The first-order valence-electron chi connectivity index (χ1n) is 4.04. The van der Waals surface area contributed by atoms with Gasteiger partial charge in [0.25, 0.3) is 0 Å². The Labute approximate surface area is 88.2 Å². The molecule has 0 spiro atoms. The summed E-state index contributed by atoms with van der Waals surface area (Å²) >= 11 is 0. The normalized spacial score (nSPS) is 17.4. The summed E-state index contributed by atoms with van der Waals surface area (Å²) in [6.45, 7) is -0.631. The van der Waals surface area contributed by atoms with Crippen LogP contribution in [0.1, 0.15) is 6.92 Å². The molecule has 16 heavy (non-hydrogen) atoms. The van der Waals surface area contributed by atoms with Crippen LogP contribution in [0.25, 0.3) is 0 Å². The minimum Gasteiger partial charge on any atom is -0.480 e. The van der Waals surface area contributed by atoms with Gasteiger partial charge < -0.3 is 21.3 Å². The van der Waals surface area contributed by atoms with Crippen molar-refractivity contribution < 1.29 is 33.0 Å². The maximum absolute atomic E-state index is 12.2. The van der Waals surface area contributed by atoms with Crippen LogP contribution < -0.4 is 11.1 Å². The van der Waals surface area contributed by atoms with Crippen LogP contribution in [0.2, 0.25) is 0 Å². The number of nitrogens with two attached hydrogens (primary N) is 1. The first-order valence-corrected chi connectivity index (χ1v) is 4.04. The van der Waals surface area contributed by atoms with E-state index in [1.165, 1.54) is 5.32 Å². The SMILES string of the molecule is CC(N)(C(=O)N[C@@H](CO)C(=O)O)C(F)(F)F. The summed E-state index contributed by atoms with van der Waals surface area (Å²) in [4.78, 5) is 21.4. The third kappa shape index (κ3) is 3.07. The van der Waals surface area contributed by atoms with Crippen molar-refractivity contribution in [2.45, 2.75) is 24.7 Å². The number of aliphatic hydroxyl groups excluding tert-OH is 1. The zero-order valence-electron chi connectivity index (χ0n) is 8.21. The van der Waals surface area contributed by atoms with Crippen LogP contribution in [0.3, 0.4) is 0 Å². The second kappa shape index (κ2) is 4.66. The third-order valence-electron chi connectivity index (χ3n) is 1.85. The molecule has 94 valence electrons. The molecule has 5 N–H and O–H groups in total. The number of amides is 1. The molecule has 0 aliphatic heterocycles. The summed E-state index contributed by atoms with van der Waals surface area (Å²) < 4.78 is 36.7. The molecule has 9 heteroatoms. The average molecular weight is 244 g/mol. The fraction of sp³-hybridized carbons (Fsp3) is 0.714. The van der Waals surface area contributed by atoms with Crippen molar-refractivity contribution in [1.82, 2.24) is 5.32 Å². The van der Waals surface area contributed by atoms with Gasteiger partial charge in [-0.3, -0.25) is 4.79 Å². The van der Waals surface area contributed by atoms with E-state index < -0.39 is 36.2 Å². The monoisotopic (exact) mass is 244 g/mol. The van der Waals surface area contributed by atoms with Gasteiger partial charge in [0.1, 0.15) is 6.04 Å². The minimum absolute atomic E-state index is 0.401. The van der Waals surface area contributed by atoms with Crippen LogP contribution in [0.5, 0.6) is 0 Å². The molecular weight excluding hydrogens is 233 g/mol. The summed E-state index contributed by atoms with van der Waals surface area (Å²) in [5.74, 6) is -3.38. The van der Waals surface area contributed by atoms with Crippen molar-refractivity contribution in [3.05, 3.63) is 0 Å². The molecule has 1 amide bonds. The van der Waals surface area contributed by atoms with E-state index in [0.717, 1.165) is 0 Å². The van der Waals surface area contributed by atoms with Gasteiger partial charge in [-0.15, -0.1) is 0 Å². The van der Waals surface area contributed by atoms with E-state index in [0.29, 0.717) is 6.92 Å². The molecule has 0 bridgehead atoms. The fourth-order valence-corrected chi connectivity index (χ4v) is 0.622. The zero-order valence-corrected chi connectivity index (χ0v) is 8.21. The Morgan fingerprint density at radius 3 is 2.12 bits per heavy atom. The lowest BCUT2D eigenvalue weighted by Gasteiger charge is -2.27. The van der Waals surface area contributed by atoms with Gasteiger partial charge in [-0.25, -0.2) is 4.79 Å². The Bertz CT molecular complexity index is 290. The summed E-state index contributed by atoms with van der Waals surface area (Å²) in [7, 11) is 0. The number of alkyl halides is 3. The van der Waals surface area contributed by atoms with Gasteiger partial charge >= 0.3 is 12.1 Å². The fourth-order valence-electron chi connectivity index (χ4n) is 0.622.